The first-order valence-electron chi connectivity index (χ1n) is 6.21. The maximum Gasteiger partial charge on any atom is 0.225 e. The predicted molar refractivity (Wildman–Crippen MR) is 76.8 cm³/mol. The van der Waals surface area contributed by atoms with E-state index in [0.29, 0.717) is 17.9 Å². The molecule has 1 aromatic heterocycles. The molecule has 4 heteroatoms. The van der Waals surface area contributed by atoms with Crippen molar-refractivity contribution in [1.29, 1.82) is 0 Å². The largest absolute Gasteiger partial charge is 0.397 e. The molecule has 0 unspecified atom stereocenters. The molecule has 3 N–H and O–H groups in total. The number of amides is 1. The Kier molecular flexibility index (Phi) is 4.13. The van der Waals surface area contributed by atoms with E-state index in [0.717, 1.165) is 17.5 Å². The second-order valence-electron chi connectivity index (χ2n) is 4.47. The molecule has 0 radical (unpaired) electrons. The van der Waals surface area contributed by atoms with E-state index in [9.17, 15) is 4.79 Å². The number of aryl methyl sites for hydroxylation is 2. The molecule has 1 heterocycles. The van der Waals surface area contributed by atoms with E-state index in [2.05, 4.69) is 10.3 Å². The van der Waals surface area contributed by atoms with Gasteiger partial charge in [-0.3, -0.25) is 4.79 Å². The fraction of sp³-hybridized carbons (Fsp3) is 0.200. The van der Waals surface area contributed by atoms with Gasteiger partial charge in [0.25, 0.3) is 0 Å². The van der Waals surface area contributed by atoms with E-state index < -0.39 is 0 Å². The smallest absolute Gasteiger partial charge is 0.225 e. The van der Waals surface area contributed by atoms with Gasteiger partial charge in [-0.25, -0.2) is 4.98 Å². The van der Waals surface area contributed by atoms with Gasteiger partial charge in [0.1, 0.15) is 5.82 Å². The van der Waals surface area contributed by atoms with Crippen LogP contribution in [0.15, 0.2) is 42.6 Å². The molecule has 4 nitrogen and oxygen atoms in total. The summed E-state index contributed by atoms with van der Waals surface area (Å²) in [6.45, 7) is 1.87. The highest BCUT2D eigenvalue weighted by molar-refractivity contribution is 5.90. The molecule has 2 aromatic rings. The first-order chi connectivity index (χ1) is 9.15. The van der Waals surface area contributed by atoms with Crippen LogP contribution >= 0.6 is 0 Å². The highest BCUT2D eigenvalue weighted by Gasteiger charge is 2.06. The number of nitrogens with two attached hydrogens (primary N) is 1. The van der Waals surface area contributed by atoms with Crippen molar-refractivity contribution in [3.05, 3.63) is 53.7 Å². The zero-order valence-corrected chi connectivity index (χ0v) is 10.9. The molecule has 98 valence electrons. The Morgan fingerprint density at radius 1 is 1.32 bits per heavy atom. The maximum atomic E-state index is 11.8. The van der Waals surface area contributed by atoms with Crippen molar-refractivity contribution in [2.45, 2.75) is 19.8 Å². The molecule has 2 rings (SSSR count). The van der Waals surface area contributed by atoms with Gasteiger partial charge in [0.2, 0.25) is 5.91 Å². The van der Waals surface area contributed by atoms with Crippen molar-refractivity contribution in [2.75, 3.05) is 11.1 Å². The van der Waals surface area contributed by atoms with Crippen LogP contribution in [0.1, 0.15) is 17.5 Å². The number of carbonyl (C=O) groups excluding carboxylic acids is 1. The van der Waals surface area contributed by atoms with E-state index in [4.69, 9.17) is 5.73 Å². The topological polar surface area (TPSA) is 68.0 Å². The molecule has 0 saturated heterocycles. The molecular formula is C15H17N3O. The molecule has 19 heavy (non-hydrogen) atoms. The van der Waals surface area contributed by atoms with E-state index in [1.807, 2.05) is 37.3 Å². The lowest BCUT2D eigenvalue weighted by atomic mass is 10.1. The normalized spacial score (nSPS) is 10.2. The monoisotopic (exact) mass is 255 g/mol. The van der Waals surface area contributed by atoms with Gasteiger partial charge in [-0.2, -0.15) is 0 Å². The first-order valence-corrected chi connectivity index (χ1v) is 6.21. The SMILES string of the molecule is Cc1cc(N)cnc1NC(=O)CCc1ccccc1. The van der Waals surface area contributed by atoms with Crippen LogP contribution in [0, 0.1) is 6.92 Å². The van der Waals surface area contributed by atoms with Crippen molar-refractivity contribution in [3.8, 4) is 0 Å². The lowest BCUT2D eigenvalue weighted by molar-refractivity contribution is -0.116. The van der Waals surface area contributed by atoms with Crippen molar-refractivity contribution in [1.82, 2.24) is 4.98 Å². The molecule has 0 atom stereocenters. The van der Waals surface area contributed by atoms with Gasteiger partial charge in [-0.15, -0.1) is 0 Å². The molecular weight excluding hydrogens is 238 g/mol. The second-order valence-corrected chi connectivity index (χ2v) is 4.47. The summed E-state index contributed by atoms with van der Waals surface area (Å²) >= 11 is 0. The Balaban J connectivity index is 1.91. The summed E-state index contributed by atoms with van der Waals surface area (Å²) in [6, 6.07) is 11.7. The molecule has 0 saturated carbocycles. The summed E-state index contributed by atoms with van der Waals surface area (Å²) in [5.74, 6) is 0.538. The second kappa shape index (κ2) is 6.00. The van der Waals surface area contributed by atoms with Gasteiger partial charge in [0.05, 0.1) is 11.9 Å². The molecule has 1 amide bonds. The van der Waals surface area contributed by atoms with Gasteiger partial charge < -0.3 is 11.1 Å². The minimum absolute atomic E-state index is 0.0378. The summed E-state index contributed by atoms with van der Waals surface area (Å²) in [5, 5.41) is 2.80. The van der Waals surface area contributed by atoms with Crippen molar-refractivity contribution in [3.63, 3.8) is 0 Å². The quantitative estimate of drug-likeness (QED) is 0.882. The van der Waals surface area contributed by atoms with Gasteiger partial charge in [-0.05, 0) is 30.5 Å². The van der Waals surface area contributed by atoms with Crippen molar-refractivity contribution in [2.24, 2.45) is 0 Å². The average molecular weight is 255 g/mol. The van der Waals surface area contributed by atoms with Gasteiger partial charge >= 0.3 is 0 Å². The number of nitrogen functional groups attached to an aromatic ring is 1. The highest BCUT2D eigenvalue weighted by atomic mass is 16.1. The number of benzene rings is 1. The number of rotatable bonds is 4. The number of carbonyl (C=O) groups is 1. The number of pyridine rings is 1. The van der Waals surface area contributed by atoms with Crippen LogP contribution in [-0.2, 0) is 11.2 Å². The number of hydrogen-bond donors (Lipinski definition) is 2. The number of nitrogens with zero attached hydrogens (tertiary/aromatic N) is 1. The summed E-state index contributed by atoms with van der Waals surface area (Å²) in [4.78, 5) is 16.0. The van der Waals surface area contributed by atoms with Crippen LogP contribution in [0.5, 0.6) is 0 Å². The van der Waals surface area contributed by atoms with Gasteiger partial charge in [0, 0.05) is 6.42 Å². The summed E-state index contributed by atoms with van der Waals surface area (Å²) in [6.07, 6.45) is 2.70. The third-order valence-electron chi connectivity index (χ3n) is 2.84. The summed E-state index contributed by atoms with van der Waals surface area (Å²) < 4.78 is 0. The van der Waals surface area contributed by atoms with Crippen molar-refractivity contribution < 1.29 is 4.79 Å². The molecule has 0 fully saturated rings. The van der Waals surface area contributed by atoms with Crippen LogP contribution in [0.25, 0.3) is 0 Å². The number of hydrogen-bond acceptors (Lipinski definition) is 3. The molecule has 1 aromatic carbocycles. The summed E-state index contributed by atoms with van der Waals surface area (Å²) in [5.41, 5.74) is 8.24. The van der Waals surface area contributed by atoms with E-state index in [1.54, 1.807) is 12.3 Å². The van der Waals surface area contributed by atoms with Crippen LogP contribution in [-0.4, -0.2) is 10.9 Å². The Morgan fingerprint density at radius 3 is 2.74 bits per heavy atom. The average Bonchev–Trinajstić information content (AvgIpc) is 2.41. The van der Waals surface area contributed by atoms with Crippen LogP contribution in [0.4, 0.5) is 11.5 Å². The van der Waals surface area contributed by atoms with Crippen LogP contribution < -0.4 is 11.1 Å². The van der Waals surface area contributed by atoms with Gasteiger partial charge in [-0.1, -0.05) is 30.3 Å². The minimum atomic E-state index is -0.0378. The molecule has 0 aliphatic rings. The van der Waals surface area contributed by atoms with Crippen molar-refractivity contribution >= 4 is 17.4 Å². The fourth-order valence-corrected chi connectivity index (χ4v) is 1.82. The lowest BCUT2D eigenvalue weighted by Gasteiger charge is -2.07. The van der Waals surface area contributed by atoms with E-state index >= 15 is 0 Å². The van der Waals surface area contributed by atoms with Crippen LogP contribution in [0.3, 0.4) is 0 Å². The van der Waals surface area contributed by atoms with Gasteiger partial charge in [0.15, 0.2) is 0 Å². The predicted octanol–water partition coefficient (Wildman–Crippen LogP) is 2.54. The summed E-state index contributed by atoms with van der Waals surface area (Å²) in [7, 11) is 0. The molecule has 0 aliphatic carbocycles. The number of aromatic nitrogens is 1. The minimum Gasteiger partial charge on any atom is -0.397 e. The Hall–Kier alpha value is -2.36. The maximum absolute atomic E-state index is 11.8. The lowest BCUT2D eigenvalue weighted by Crippen LogP contribution is -2.14. The van der Waals surface area contributed by atoms with E-state index in [1.165, 1.54) is 0 Å². The Bertz CT molecular complexity index is 567. The Morgan fingerprint density at radius 2 is 2.05 bits per heavy atom. The zero-order valence-electron chi connectivity index (χ0n) is 10.9. The number of nitrogens with one attached hydrogen (secondary N) is 1. The highest BCUT2D eigenvalue weighted by Crippen LogP contribution is 2.14. The van der Waals surface area contributed by atoms with Crippen LogP contribution in [0.2, 0.25) is 0 Å². The Labute approximate surface area is 112 Å². The number of anilines is 2. The molecule has 0 aliphatic heterocycles. The standard InChI is InChI=1S/C15H17N3O/c1-11-9-13(16)10-17-15(11)18-14(19)8-7-12-5-3-2-4-6-12/h2-6,9-10H,7-8,16H2,1H3,(H,17,18,19). The zero-order chi connectivity index (χ0) is 13.7. The fourth-order valence-electron chi connectivity index (χ4n) is 1.82. The first kappa shape index (κ1) is 13.1. The van der Waals surface area contributed by atoms with E-state index in [-0.39, 0.29) is 5.91 Å². The third kappa shape index (κ3) is 3.81. The third-order valence-corrected chi connectivity index (χ3v) is 2.84. The molecule has 0 spiro atoms. The molecule has 0 bridgehead atoms.